The molecular formula is C25H17Br2FN2O4. The molecule has 1 aliphatic rings. The van der Waals surface area contributed by atoms with Crippen LogP contribution < -0.4 is 15.0 Å². The number of rotatable bonds is 5. The van der Waals surface area contributed by atoms with Crippen molar-refractivity contribution >= 4 is 61.5 Å². The molecule has 1 heterocycles. The Morgan fingerprint density at radius 3 is 2.50 bits per heavy atom. The average Bonchev–Trinajstić information content (AvgIpc) is 2.78. The van der Waals surface area contributed by atoms with Crippen LogP contribution in [-0.2, 0) is 16.2 Å². The van der Waals surface area contributed by atoms with Crippen molar-refractivity contribution in [2.45, 2.75) is 13.5 Å². The number of imide groups is 2. The molecule has 4 rings (SSSR count). The summed E-state index contributed by atoms with van der Waals surface area (Å²) in [6, 6.07) is 15.6. The molecular weight excluding hydrogens is 571 g/mol. The molecule has 4 amide bonds. The van der Waals surface area contributed by atoms with E-state index in [1.165, 1.54) is 12.1 Å². The Kier molecular flexibility index (Phi) is 6.95. The Hall–Kier alpha value is -3.30. The van der Waals surface area contributed by atoms with Gasteiger partial charge in [0.25, 0.3) is 11.8 Å². The smallest absolute Gasteiger partial charge is 0.335 e. The second-order valence-electron chi connectivity index (χ2n) is 7.46. The second-order valence-corrected chi connectivity index (χ2v) is 9.23. The molecule has 0 aliphatic carbocycles. The van der Waals surface area contributed by atoms with E-state index in [1.807, 2.05) is 0 Å². The number of halogens is 3. The standard InChI is InChI=1S/C25H17Br2FN2O4/c1-14-10-17(26)7-8-21(14)30-24(32)18(23(31)29-25(30)33)11-15-6-9-22(19(27)12-15)34-13-16-4-2-3-5-20(16)28/h2-12H,13H2,1H3,(H,29,31,33)/b18-11-. The maximum atomic E-state index is 13.8. The SMILES string of the molecule is Cc1cc(Br)ccc1N1C(=O)NC(=O)/C(=C/c2ccc(OCc3ccccc3F)c(Br)c2)C1=O. The van der Waals surface area contributed by atoms with Crippen LogP contribution in [0.25, 0.3) is 6.08 Å². The number of aryl methyl sites for hydroxylation is 1. The first-order valence-electron chi connectivity index (χ1n) is 10.1. The van der Waals surface area contributed by atoms with Crippen molar-refractivity contribution in [3.8, 4) is 5.75 Å². The fourth-order valence-electron chi connectivity index (χ4n) is 3.41. The van der Waals surface area contributed by atoms with E-state index in [2.05, 4.69) is 37.2 Å². The third-order valence-electron chi connectivity index (χ3n) is 5.11. The third kappa shape index (κ3) is 4.95. The van der Waals surface area contributed by atoms with E-state index in [4.69, 9.17) is 4.74 Å². The normalized spacial score (nSPS) is 15.0. The largest absolute Gasteiger partial charge is 0.488 e. The van der Waals surface area contributed by atoms with Crippen LogP contribution in [0.1, 0.15) is 16.7 Å². The Bertz CT molecular complexity index is 1360. The van der Waals surface area contributed by atoms with Gasteiger partial charge in [0.15, 0.2) is 0 Å². The summed E-state index contributed by atoms with van der Waals surface area (Å²) in [7, 11) is 0. The lowest BCUT2D eigenvalue weighted by Crippen LogP contribution is -2.54. The molecule has 0 bridgehead atoms. The quantitative estimate of drug-likeness (QED) is 0.298. The molecule has 172 valence electrons. The predicted octanol–water partition coefficient (Wildman–Crippen LogP) is 5.90. The van der Waals surface area contributed by atoms with Gasteiger partial charge in [-0.1, -0.05) is 40.2 Å². The maximum Gasteiger partial charge on any atom is 0.335 e. The van der Waals surface area contributed by atoms with E-state index >= 15 is 0 Å². The van der Waals surface area contributed by atoms with Crippen molar-refractivity contribution < 1.29 is 23.5 Å². The summed E-state index contributed by atoms with van der Waals surface area (Å²) in [6.07, 6.45) is 1.40. The van der Waals surface area contributed by atoms with Gasteiger partial charge in [-0.3, -0.25) is 14.9 Å². The van der Waals surface area contributed by atoms with Gasteiger partial charge in [-0.25, -0.2) is 14.1 Å². The zero-order valence-electron chi connectivity index (χ0n) is 17.8. The first-order valence-corrected chi connectivity index (χ1v) is 11.7. The van der Waals surface area contributed by atoms with Crippen LogP contribution in [-0.4, -0.2) is 17.8 Å². The van der Waals surface area contributed by atoms with Crippen LogP contribution in [0.4, 0.5) is 14.9 Å². The van der Waals surface area contributed by atoms with Crippen LogP contribution in [0.3, 0.4) is 0 Å². The lowest BCUT2D eigenvalue weighted by Gasteiger charge is -2.27. The van der Waals surface area contributed by atoms with Crippen LogP contribution in [0, 0.1) is 12.7 Å². The van der Waals surface area contributed by atoms with Crippen molar-refractivity contribution in [1.82, 2.24) is 5.32 Å². The number of carbonyl (C=O) groups is 3. The van der Waals surface area contributed by atoms with E-state index in [0.29, 0.717) is 32.6 Å². The number of amides is 4. The Balaban J connectivity index is 1.59. The second kappa shape index (κ2) is 9.90. The highest BCUT2D eigenvalue weighted by Gasteiger charge is 2.37. The zero-order valence-corrected chi connectivity index (χ0v) is 20.9. The monoisotopic (exact) mass is 586 g/mol. The summed E-state index contributed by atoms with van der Waals surface area (Å²) in [5, 5.41) is 2.22. The summed E-state index contributed by atoms with van der Waals surface area (Å²) in [5.41, 5.74) is 1.82. The van der Waals surface area contributed by atoms with Gasteiger partial charge in [0.2, 0.25) is 0 Å². The first kappa shape index (κ1) is 23.8. The fraction of sp³-hybridized carbons (Fsp3) is 0.0800. The topological polar surface area (TPSA) is 75.7 Å². The van der Waals surface area contributed by atoms with Crippen molar-refractivity contribution in [3.63, 3.8) is 0 Å². The number of anilines is 1. The summed E-state index contributed by atoms with van der Waals surface area (Å²) < 4.78 is 20.9. The molecule has 0 radical (unpaired) electrons. The molecule has 0 aromatic heterocycles. The molecule has 0 spiro atoms. The van der Waals surface area contributed by atoms with Gasteiger partial charge in [-0.15, -0.1) is 0 Å². The molecule has 1 saturated heterocycles. The minimum absolute atomic E-state index is 0.0379. The van der Waals surface area contributed by atoms with Crippen molar-refractivity contribution in [2.24, 2.45) is 0 Å². The number of hydrogen-bond acceptors (Lipinski definition) is 4. The molecule has 1 fully saturated rings. The van der Waals surface area contributed by atoms with Gasteiger partial charge in [0.1, 0.15) is 23.7 Å². The summed E-state index contributed by atoms with van der Waals surface area (Å²) >= 11 is 6.76. The minimum atomic E-state index is -0.810. The van der Waals surface area contributed by atoms with E-state index in [1.54, 1.807) is 61.5 Å². The number of nitrogens with zero attached hydrogens (tertiary/aromatic N) is 1. The number of ether oxygens (including phenoxy) is 1. The lowest BCUT2D eigenvalue weighted by molar-refractivity contribution is -0.122. The molecule has 6 nitrogen and oxygen atoms in total. The Morgan fingerprint density at radius 2 is 1.79 bits per heavy atom. The van der Waals surface area contributed by atoms with Crippen LogP contribution in [0.5, 0.6) is 5.75 Å². The predicted molar refractivity (Wildman–Crippen MR) is 133 cm³/mol. The van der Waals surface area contributed by atoms with Gasteiger partial charge in [0, 0.05) is 10.0 Å². The number of carbonyl (C=O) groups excluding carboxylic acids is 3. The van der Waals surface area contributed by atoms with Crippen molar-refractivity contribution in [3.05, 3.63) is 97.7 Å². The first-order chi connectivity index (χ1) is 16.2. The molecule has 3 aromatic rings. The van der Waals surface area contributed by atoms with Crippen LogP contribution in [0.15, 0.2) is 75.2 Å². The number of nitrogens with one attached hydrogen (secondary N) is 1. The number of barbiturate groups is 1. The fourth-order valence-corrected chi connectivity index (χ4v) is 4.39. The Labute approximate surface area is 211 Å². The van der Waals surface area contributed by atoms with Gasteiger partial charge in [-0.2, -0.15) is 0 Å². The highest BCUT2D eigenvalue weighted by molar-refractivity contribution is 9.10. The Morgan fingerprint density at radius 1 is 1.03 bits per heavy atom. The third-order valence-corrected chi connectivity index (χ3v) is 6.22. The van der Waals surface area contributed by atoms with E-state index in [-0.39, 0.29) is 18.0 Å². The van der Waals surface area contributed by atoms with Crippen LogP contribution in [0.2, 0.25) is 0 Å². The molecule has 3 aromatic carbocycles. The molecule has 0 saturated carbocycles. The van der Waals surface area contributed by atoms with E-state index in [9.17, 15) is 18.8 Å². The van der Waals surface area contributed by atoms with Gasteiger partial charge in [-0.05, 0) is 76.5 Å². The summed E-state index contributed by atoms with van der Waals surface area (Å²) in [6.45, 7) is 1.80. The average molecular weight is 588 g/mol. The molecule has 0 unspecified atom stereocenters. The van der Waals surface area contributed by atoms with Crippen LogP contribution >= 0.6 is 31.9 Å². The van der Waals surface area contributed by atoms with Crippen molar-refractivity contribution in [2.75, 3.05) is 4.90 Å². The number of urea groups is 1. The molecule has 0 atom stereocenters. The van der Waals surface area contributed by atoms with Gasteiger partial charge < -0.3 is 4.74 Å². The minimum Gasteiger partial charge on any atom is -0.488 e. The van der Waals surface area contributed by atoms with Gasteiger partial charge in [0.05, 0.1) is 10.2 Å². The maximum absolute atomic E-state index is 13.8. The highest BCUT2D eigenvalue weighted by Crippen LogP contribution is 2.30. The van der Waals surface area contributed by atoms with E-state index in [0.717, 1.165) is 9.37 Å². The molecule has 1 aliphatic heterocycles. The van der Waals surface area contributed by atoms with Gasteiger partial charge >= 0.3 is 6.03 Å². The lowest BCUT2D eigenvalue weighted by atomic mass is 10.1. The number of hydrogen-bond donors (Lipinski definition) is 1. The van der Waals surface area contributed by atoms with Crippen molar-refractivity contribution in [1.29, 1.82) is 0 Å². The van der Waals surface area contributed by atoms with E-state index < -0.39 is 17.8 Å². The zero-order chi connectivity index (χ0) is 24.4. The highest BCUT2D eigenvalue weighted by atomic mass is 79.9. The summed E-state index contributed by atoms with van der Waals surface area (Å²) in [4.78, 5) is 39.0. The molecule has 9 heteroatoms. The summed E-state index contributed by atoms with van der Waals surface area (Å²) in [5.74, 6) is -1.40. The molecule has 1 N–H and O–H groups in total. The number of benzene rings is 3. The molecule has 34 heavy (non-hydrogen) atoms.